The Morgan fingerprint density at radius 3 is 2.54 bits per heavy atom. The molecule has 3 heterocycles. The molecule has 4 nitrogen and oxygen atoms in total. The zero-order chi connectivity index (χ0) is 16.1. The summed E-state index contributed by atoms with van der Waals surface area (Å²) in [6.45, 7) is 0. The Kier molecular flexibility index (Phi) is 3.36. The van der Waals surface area contributed by atoms with E-state index in [9.17, 15) is 0 Å². The summed E-state index contributed by atoms with van der Waals surface area (Å²) in [7, 11) is 0. The number of benzene rings is 2. The lowest BCUT2D eigenvalue weighted by atomic mass is 10.2. The molecule has 0 aliphatic carbocycles. The van der Waals surface area contributed by atoms with Gasteiger partial charge in [0.2, 0.25) is 5.16 Å². The molecule has 0 N–H and O–H groups in total. The lowest BCUT2D eigenvalue weighted by molar-refractivity contribution is 0.639. The third-order valence-corrected chi connectivity index (χ3v) is 6.40. The molecule has 24 heavy (non-hydrogen) atoms. The number of halogens is 1. The Morgan fingerprint density at radius 2 is 1.75 bits per heavy atom. The van der Waals surface area contributed by atoms with E-state index in [0.29, 0.717) is 0 Å². The molecule has 0 radical (unpaired) electrons. The van der Waals surface area contributed by atoms with Crippen LogP contribution in [0.2, 0.25) is 5.02 Å². The number of hydrogen-bond acceptors (Lipinski definition) is 5. The Hall–Kier alpha value is -1.89. The first-order valence-electron chi connectivity index (χ1n) is 7.40. The van der Waals surface area contributed by atoms with Crippen LogP contribution in [0.4, 0.5) is 0 Å². The van der Waals surface area contributed by atoms with Crippen LogP contribution < -0.4 is 5.01 Å². The molecule has 2 aliphatic heterocycles. The summed E-state index contributed by atoms with van der Waals surface area (Å²) in [5.41, 5.74) is 2.27. The molecule has 0 fully saturated rings. The van der Waals surface area contributed by atoms with Crippen LogP contribution in [-0.4, -0.2) is 14.9 Å². The van der Waals surface area contributed by atoms with Crippen molar-refractivity contribution in [2.45, 2.75) is 10.5 Å². The molecule has 2 aromatic carbocycles. The smallest absolute Gasteiger partial charge is 0.217 e. The van der Waals surface area contributed by atoms with Crippen LogP contribution in [0.25, 0.3) is 11.4 Å². The highest BCUT2D eigenvalue weighted by molar-refractivity contribution is 8.07. The number of hydrogen-bond donors (Lipinski definition) is 0. The van der Waals surface area contributed by atoms with E-state index in [1.54, 1.807) is 23.5 Å². The van der Waals surface area contributed by atoms with Crippen LogP contribution in [0.1, 0.15) is 10.9 Å². The van der Waals surface area contributed by atoms with Crippen molar-refractivity contribution in [3.63, 3.8) is 0 Å². The SMILES string of the molecule is Clc1ccc([C@H]2SC=C3Sc4nnc(-c5ccccc5)n4N32)cc1. The van der Waals surface area contributed by atoms with Gasteiger partial charge in [-0.1, -0.05) is 65.8 Å². The van der Waals surface area contributed by atoms with Crippen LogP contribution in [0.15, 0.2) is 70.2 Å². The maximum Gasteiger partial charge on any atom is 0.217 e. The summed E-state index contributed by atoms with van der Waals surface area (Å²) >= 11 is 9.48. The minimum absolute atomic E-state index is 0.157. The molecule has 1 aromatic heterocycles. The molecule has 7 heteroatoms. The molecule has 0 saturated carbocycles. The molecule has 5 rings (SSSR count). The summed E-state index contributed by atoms with van der Waals surface area (Å²) in [5.74, 6) is 0.864. The van der Waals surface area contributed by atoms with Gasteiger partial charge in [-0.25, -0.2) is 4.68 Å². The second-order valence-corrected chi connectivity index (χ2v) is 7.81. The molecular weight excluding hydrogens is 360 g/mol. The minimum atomic E-state index is 0.157. The fourth-order valence-electron chi connectivity index (χ4n) is 2.86. The predicted molar refractivity (Wildman–Crippen MR) is 99.4 cm³/mol. The van der Waals surface area contributed by atoms with Crippen LogP contribution >= 0.6 is 35.1 Å². The topological polar surface area (TPSA) is 34.0 Å². The average Bonchev–Trinajstić information content (AvgIpc) is 3.27. The highest BCUT2D eigenvalue weighted by atomic mass is 35.5. The van der Waals surface area contributed by atoms with Gasteiger partial charge in [0.05, 0.1) is 0 Å². The zero-order valence-electron chi connectivity index (χ0n) is 12.3. The molecule has 0 spiro atoms. The van der Waals surface area contributed by atoms with Gasteiger partial charge < -0.3 is 0 Å². The Bertz CT molecular complexity index is 937. The van der Waals surface area contributed by atoms with Gasteiger partial charge in [-0.3, -0.25) is 5.01 Å². The number of fused-ring (bicyclic) bond motifs is 3. The van der Waals surface area contributed by atoms with Gasteiger partial charge in [-0.05, 0) is 29.5 Å². The normalized spacial score (nSPS) is 18.5. The van der Waals surface area contributed by atoms with Gasteiger partial charge in [0, 0.05) is 16.0 Å². The van der Waals surface area contributed by atoms with Gasteiger partial charge in [0.25, 0.3) is 0 Å². The fourth-order valence-corrected chi connectivity index (χ4v) is 5.21. The zero-order valence-corrected chi connectivity index (χ0v) is 14.7. The van der Waals surface area contributed by atoms with Crippen LogP contribution in [0.5, 0.6) is 0 Å². The largest absolute Gasteiger partial charge is 0.252 e. The molecule has 2 aliphatic rings. The minimum Gasteiger partial charge on any atom is -0.252 e. The van der Waals surface area contributed by atoms with Gasteiger partial charge >= 0.3 is 0 Å². The second-order valence-electron chi connectivity index (χ2n) is 5.43. The van der Waals surface area contributed by atoms with E-state index >= 15 is 0 Å². The van der Waals surface area contributed by atoms with E-state index in [-0.39, 0.29) is 5.37 Å². The first kappa shape index (κ1) is 14.5. The highest BCUT2D eigenvalue weighted by Gasteiger charge is 2.39. The summed E-state index contributed by atoms with van der Waals surface area (Å²) in [6.07, 6.45) is 0. The molecule has 0 unspecified atom stereocenters. The molecule has 0 amide bonds. The van der Waals surface area contributed by atoms with Crippen LogP contribution in [-0.2, 0) is 0 Å². The predicted octanol–water partition coefficient (Wildman–Crippen LogP) is 4.89. The number of aromatic nitrogens is 3. The van der Waals surface area contributed by atoms with Crippen molar-refractivity contribution < 1.29 is 0 Å². The Labute approximate surface area is 152 Å². The fraction of sp³-hybridized carbons (Fsp3) is 0.0588. The summed E-state index contributed by atoms with van der Waals surface area (Å²) in [5, 5.41) is 16.2. The van der Waals surface area contributed by atoms with Crippen molar-refractivity contribution in [2.75, 3.05) is 5.01 Å². The first-order valence-corrected chi connectivity index (χ1v) is 9.54. The van der Waals surface area contributed by atoms with Gasteiger partial charge in [-0.15, -0.1) is 10.2 Å². The first-order chi connectivity index (χ1) is 11.8. The van der Waals surface area contributed by atoms with Crippen molar-refractivity contribution in [3.05, 3.63) is 75.6 Å². The van der Waals surface area contributed by atoms with Crippen LogP contribution in [0.3, 0.4) is 0 Å². The van der Waals surface area contributed by atoms with E-state index < -0.39 is 0 Å². The van der Waals surface area contributed by atoms with Crippen molar-refractivity contribution in [1.29, 1.82) is 0 Å². The lowest BCUT2D eigenvalue weighted by Crippen LogP contribution is -2.29. The van der Waals surface area contributed by atoms with Crippen LogP contribution in [0, 0.1) is 0 Å². The maximum atomic E-state index is 6.04. The maximum absolute atomic E-state index is 6.04. The standard InChI is InChI=1S/C17H11ClN4S2/c18-13-8-6-12(7-9-13)16-21-14(10-23-16)24-17-20-19-15(22(17)21)11-4-2-1-3-5-11/h1-10,16H/t16-/m1/s1. The van der Waals surface area contributed by atoms with Gasteiger partial charge in [0.1, 0.15) is 10.4 Å². The van der Waals surface area contributed by atoms with E-state index in [2.05, 4.69) is 49.6 Å². The number of thioether (sulfide) groups is 2. The van der Waals surface area contributed by atoms with Gasteiger partial charge in [0.15, 0.2) is 5.82 Å². The third kappa shape index (κ3) is 2.17. The van der Waals surface area contributed by atoms with E-state index in [4.69, 9.17) is 11.6 Å². The van der Waals surface area contributed by atoms with Gasteiger partial charge in [-0.2, -0.15) is 0 Å². The van der Waals surface area contributed by atoms with E-state index in [0.717, 1.165) is 21.6 Å². The number of nitrogens with zero attached hydrogens (tertiary/aromatic N) is 4. The summed E-state index contributed by atoms with van der Waals surface area (Å²) in [4.78, 5) is 0. The quantitative estimate of drug-likeness (QED) is 0.641. The number of rotatable bonds is 2. The third-order valence-electron chi connectivity index (χ3n) is 3.96. The van der Waals surface area contributed by atoms with Crippen molar-refractivity contribution in [2.24, 2.45) is 0 Å². The van der Waals surface area contributed by atoms with Crippen molar-refractivity contribution in [1.82, 2.24) is 14.9 Å². The molecule has 1 atom stereocenters. The highest BCUT2D eigenvalue weighted by Crippen LogP contribution is 2.51. The molecule has 3 aromatic rings. The van der Waals surface area contributed by atoms with Crippen molar-refractivity contribution in [3.8, 4) is 11.4 Å². The Balaban J connectivity index is 1.60. The Morgan fingerprint density at radius 1 is 0.958 bits per heavy atom. The summed E-state index contributed by atoms with van der Waals surface area (Å²) in [6, 6.07) is 18.2. The molecule has 0 bridgehead atoms. The molecular formula is C17H11ClN4S2. The van der Waals surface area contributed by atoms with Crippen molar-refractivity contribution >= 4 is 35.1 Å². The van der Waals surface area contributed by atoms with E-state index in [1.807, 2.05) is 30.3 Å². The molecule has 0 saturated heterocycles. The monoisotopic (exact) mass is 370 g/mol. The molecule has 118 valence electrons. The average molecular weight is 371 g/mol. The second kappa shape index (κ2) is 5.58. The van der Waals surface area contributed by atoms with E-state index in [1.165, 1.54) is 10.6 Å². The lowest BCUT2D eigenvalue weighted by Gasteiger charge is -2.25. The summed E-state index contributed by atoms with van der Waals surface area (Å²) < 4.78 is 2.12.